The lowest BCUT2D eigenvalue weighted by molar-refractivity contribution is 0.617. The predicted octanol–water partition coefficient (Wildman–Crippen LogP) is 2.25. The van der Waals surface area contributed by atoms with Gasteiger partial charge in [-0.2, -0.15) is 11.8 Å². The van der Waals surface area contributed by atoms with Crippen molar-refractivity contribution in [2.45, 2.75) is 26.7 Å². The van der Waals surface area contributed by atoms with Gasteiger partial charge < -0.3 is 10.6 Å². The SMILES string of the molecule is CSCCCCNC(=S)NCC(C)C. The molecule has 2 N–H and O–H groups in total. The first kappa shape index (κ1) is 14.0. The average molecular weight is 234 g/mol. The summed E-state index contributed by atoms with van der Waals surface area (Å²) in [6.07, 6.45) is 4.60. The Balaban J connectivity index is 3.18. The first-order valence-corrected chi connectivity index (χ1v) is 6.97. The Bertz CT molecular complexity index is 149. The van der Waals surface area contributed by atoms with Crippen molar-refractivity contribution in [3.63, 3.8) is 0 Å². The molecule has 0 heterocycles. The van der Waals surface area contributed by atoms with Crippen LogP contribution in [0.25, 0.3) is 0 Å². The summed E-state index contributed by atoms with van der Waals surface area (Å²) in [6, 6.07) is 0. The standard InChI is InChI=1S/C10H22N2S2/c1-9(2)8-12-10(13)11-6-4-5-7-14-3/h9H,4-8H2,1-3H3,(H2,11,12,13). The van der Waals surface area contributed by atoms with Gasteiger partial charge in [-0.05, 0) is 43.0 Å². The number of hydrogen-bond acceptors (Lipinski definition) is 2. The van der Waals surface area contributed by atoms with E-state index >= 15 is 0 Å². The molecule has 0 saturated carbocycles. The molecule has 0 fully saturated rings. The summed E-state index contributed by atoms with van der Waals surface area (Å²) in [7, 11) is 0. The molecule has 0 spiro atoms. The van der Waals surface area contributed by atoms with E-state index in [0.29, 0.717) is 5.92 Å². The second-order valence-electron chi connectivity index (χ2n) is 3.73. The number of unbranched alkanes of at least 4 members (excludes halogenated alkanes) is 1. The summed E-state index contributed by atoms with van der Waals surface area (Å²) in [5.41, 5.74) is 0. The van der Waals surface area contributed by atoms with Gasteiger partial charge in [0.1, 0.15) is 0 Å². The summed E-state index contributed by atoms with van der Waals surface area (Å²) in [6.45, 7) is 6.29. The monoisotopic (exact) mass is 234 g/mol. The van der Waals surface area contributed by atoms with E-state index in [0.717, 1.165) is 18.2 Å². The molecule has 0 rings (SSSR count). The van der Waals surface area contributed by atoms with Crippen LogP contribution in [0.2, 0.25) is 0 Å². The van der Waals surface area contributed by atoms with Crippen molar-refractivity contribution in [1.29, 1.82) is 0 Å². The van der Waals surface area contributed by atoms with Crippen LogP contribution in [-0.4, -0.2) is 30.2 Å². The highest BCUT2D eigenvalue weighted by molar-refractivity contribution is 7.98. The maximum Gasteiger partial charge on any atom is 0.166 e. The third-order valence-electron chi connectivity index (χ3n) is 1.73. The fourth-order valence-electron chi connectivity index (χ4n) is 0.933. The van der Waals surface area contributed by atoms with Crippen molar-refractivity contribution in [3.05, 3.63) is 0 Å². The normalized spacial score (nSPS) is 10.3. The fourth-order valence-corrected chi connectivity index (χ4v) is 1.61. The van der Waals surface area contributed by atoms with Gasteiger partial charge in [0.25, 0.3) is 0 Å². The predicted molar refractivity (Wildman–Crippen MR) is 71.1 cm³/mol. The van der Waals surface area contributed by atoms with Gasteiger partial charge in [0.2, 0.25) is 0 Å². The number of rotatable bonds is 7. The Morgan fingerprint density at radius 3 is 2.57 bits per heavy atom. The molecule has 0 amide bonds. The van der Waals surface area contributed by atoms with E-state index in [4.69, 9.17) is 12.2 Å². The van der Waals surface area contributed by atoms with Crippen molar-refractivity contribution in [3.8, 4) is 0 Å². The van der Waals surface area contributed by atoms with Crippen molar-refractivity contribution in [2.75, 3.05) is 25.1 Å². The molecule has 0 bridgehead atoms. The van der Waals surface area contributed by atoms with E-state index < -0.39 is 0 Å². The van der Waals surface area contributed by atoms with Crippen LogP contribution in [0.15, 0.2) is 0 Å². The average Bonchev–Trinajstić information content (AvgIpc) is 2.14. The first-order chi connectivity index (χ1) is 6.66. The smallest absolute Gasteiger partial charge is 0.166 e. The molecule has 0 aromatic carbocycles. The summed E-state index contributed by atoms with van der Waals surface area (Å²) in [5, 5.41) is 7.19. The molecule has 2 nitrogen and oxygen atoms in total. The van der Waals surface area contributed by atoms with Gasteiger partial charge in [-0.15, -0.1) is 0 Å². The molecule has 0 unspecified atom stereocenters. The molecule has 0 aliphatic rings. The summed E-state index contributed by atoms with van der Waals surface area (Å²) in [4.78, 5) is 0. The molecule has 84 valence electrons. The van der Waals surface area contributed by atoms with E-state index in [1.807, 2.05) is 11.8 Å². The number of thioether (sulfide) groups is 1. The molecular weight excluding hydrogens is 212 g/mol. The molecular formula is C10H22N2S2. The van der Waals surface area contributed by atoms with Crippen LogP contribution in [0.4, 0.5) is 0 Å². The maximum absolute atomic E-state index is 5.12. The van der Waals surface area contributed by atoms with Crippen LogP contribution in [0.5, 0.6) is 0 Å². The second kappa shape index (κ2) is 9.59. The van der Waals surface area contributed by atoms with E-state index in [-0.39, 0.29) is 0 Å². The van der Waals surface area contributed by atoms with Gasteiger partial charge in [0, 0.05) is 13.1 Å². The zero-order chi connectivity index (χ0) is 10.8. The highest BCUT2D eigenvalue weighted by atomic mass is 32.2. The minimum absolute atomic E-state index is 0.645. The van der Waals surface area contributed by atoms with Crippen LogP contribution in [0.3, 0.4) is 0 Å². The molecule has 0 aliphatic carbocycles. The molecule has 0 radical (unpaired) electrons. The Morgan fingerprint density at radius 1 is 1.29 bits per heavy atom. The number of thiocarbonyl (C=S) groups is 1. The first-order valence-electron chi connectivity index (χ1n) is 5.17. The zero-order valence-electron chi connectivity index (χ0n) is 9.43. The largest absolute Gasteiger partial charge is 0.363 e. The van der Waals surface area contributed by atoms with E-state index in [1.165, 1.54) is 18.6 Å². The number of nitrogens with one attached hydrogen (secondary N) is 2. The van der Waals surface area contributed by atoms with Crippen LogP contribution < -0.4 is 10.6 Å². The highest BCUT2D eigenvalue weighted by Gasteiger charge is 1.96. The molecule has 0 aliphatic heterocycles. The summed E-state index contributed by atoms with van der Waals surface area (Å²) >= 11 is 7.02. The van der Waals surface area contributed by atoms with Crippen molar-refractivity contribution >= 4 is 29.1 Å². The fraction of sp³-hybridized carbons (Fsp3) is 0.900. The van der Waals surface area contributed by atoms with E-state index in [9.17, 15) is 0 Å². The van der Waals surface area contributed by atoms with Crippen molar-refractivity contribution < 1.29 is 0 Å². The zero-order valence-corrected chi connectivity index (χ0v) is 11.1. The lowest BCUT2D eigenvalue weighted by Crippen LogP contribution is -2.37. The van der Waals surface area contributed by atoms with Crippen LogP contribution in [0, 0.1) is 5.92 Å². The van der Waals surface area contributed by atoms with E-state index in [1.54, 1.807) is 0 Å². The Hall–Kier alpha value is 0.0400. The maximum atomic E-state index is 5.12. The Kier molecular flexibility index (Phi) is 9.62. The molecule has 0 saturated heterocycles. The minimum Gasteiger partial charge on any atom is -0.363 e. The third-order valence-corrected chi connectivity index (χ3v) is 2.72. The van der Waals surface area contributed by atoms with Gasteiger partial charge in [-0.1, -0.05) is 13.8 Å². The second-order valence-corrected chi connectivity index (χ2v) is 5.12. The summed E-state index contributed by atoms with van der Waals surface area (Å²) < 4.78 is 0. The van der Waals surface area contributed by atoms with Crippen molar-refractivity contribution in [1.82, 2.24) is 10.6 Å². The van der Waals surface area contributed by atoms with Gasteiger partial charge in [-0.25, -0.2) is 0 Å². The molecule has 0 aromatic rings. The van der Waals surface area contributed by atoms with Gasteiger partial charge in [0.05, 0.1) is 0 Å². The third kappa shape index (κ3) is 10.1. The van der Waals surface area contributed by atoms with Crippen molar-refractivity contribution in [2.24, 2.45) is 5.92 Å². The van der Waals surface area contributed by atoms with Crippen LogP contribution in [-0.2, 0) is 0 Å². The summed E-state index contributed by atoms with van der Waals surface area (Å²) in [5.74, 6) is 1.89. The Labute approximate surface area is 97.6 Å². The Morgan fingerprint density at radius 2 is 2.00 bits per heavy atom. The minimum atomic E-state index is 0.645. The lowest BCUT2D eigenvalue weighted by Gasteiger charge is -2.11. The van der Waals surface area contributed by atoms with Crippen LogP contribution in [0.1, 0.15) is 26.7 Å². The molecule has 14 heavy (non-hydrogen) atoms. The molecule has 0 aromatic heterocycles. The quantitative estimate of drug-likeness (QED) is 0.521. The number of hydrogen-bond donors (Lipinski definition) is 2. The van der Waals surface area contributed by atoms with Gasteiger partial charge in [-0.3, -0.25) is 0 Å². The molecule has 4 heteroatoms. The van der Waals surface area contributed by atoms with Gasteiger partial charge >= 0.3 is 0 Å². The highest BCUT2D eigenvalue weighted by Crippen LogP contribution is 1.97. The topological polar surface area (TPSA) is 24.1 Å². The lowest BCUT2D eigenvalue weighted by atomic mass is 10.2. The van der Waals surface area contributed by atoms with Gasteiger partial charge in [0.15, 0.2) is 5.11 Å². The molecule has 0 atom stereocenters. The van der Waals surface area contributed by atoms with E-state index in [2.05, 4.69) is 30.7 Å². The van der Waals surface area contributed by atoms with Crippen LogP contribution >= 0.6 is 24.0 Å².